The van der Waals surface area contributed by atoms with Gasteiger partial charge in [-0.05, 0) is 12.1 Å². The number of hydrogen-bond donors (Lipinski definition) is 5. The van der Waals surface area contributed by atoms with Crippen molar-refractivity contribution in [3.05, 3.63) is 35.4 Å². The Labute approximate surface area is 109 Å². The molecule has 0 aliphatic rings. The molecule has 0 saturated heterocycles. The maximum atomic E-state index is 13.4. The molecule has 1 rings (SSSR count). The molecule has 0 spiro atoms. The first-order valence-corrected chi connectivity index (χ1v) is 5.69. The highest BCUT2D eigenvalue weighted by molar-refractivity contribution is 5.22. The number of rotatable bonds is 7. The first-order valence-electron chi connectivity index (χ1n) is 5.69. The second-order valence-corrected chi connectivity index (χ2v) is 4.29. The van der Waals surface area contributed by atoms with Gasteiger partial charge in [0.15, 0.2) is 0 Å². The van der Waals surface area contributed by atoms with Gasteiger partial charge in [0.25, 0.3) is 0 Å². The van der Waals surface area contributed by atoms with Gasteiger partial charge in [-0.3, -0.25) is 0 Å². The highest BCUT2D eigenvalue weighted by Crippen LogP contribution is 2.20. The third-order valence-corrected chi connectivity index (χ3v) is 2.91. The lowest BCUT2D eigenvalue weighted by molar-refractivity contribution is 0.0315. The standard InChI is InChI=1S/C12H17F2NO4/c13-8-2-1-3-9(14)11(8)10(19)4-15-12(5-16,6-17)7-18/h1-3,10,15-19H,4-7H2. The average molecular weight is 277 g/mol. The van der Waals surface area contributed by atoms with Crippen LogP contribution in [0.25, 0.3) is 0 Å². The summed E-state index contributed by atoms with van der Waals surface area (Å²) in [6.45, 7) is -2.11. The molecule has 0 radical (unpaired) electrons. The van der Waals surface area contributed by atoms with Gasteiger partial charge in [-0.25, -0.2) is 8.78 Å². The molecule has 1 aromatic carbocycles. The Morgan fingerprint density at radius 1 is 1.05 bits per heavy atom. The van der Waals surface area contributed by atoms with Crippen molar-refractivity contribution in [3.8, 4) is 0 Å². The Kier molecular flexibility index (Phi) is 5.77. The number of benzene rings is 1. The van der Waals surface area contributed by atoms with Crippen LogP contribution in [0.4, 0.5) is 8.78 Å². The summed E-state index contributed by atoms with van der Waals surface area (Å²) < 4.78 is 26.8. The zero-order chi connectivity index (χ0) is 14.5. The van der Waals surface area contributed by atoms with Gasteiger partial charge in [-0.2, -0.15) is 0 Å². The van der Waals surface area contributed by atoms with Crippen molar-refractivity contribution < 1.29 is 29.2 Å². The minimum Gasteiger partial charge on any atom is -0.394 e. The maximum absolute atomic E-state index is 13.4. The Morgan fingerprint density at radius 3 is 1.95 bits per heavy atom. The maximum Gasteiger partial charge on any atom is 0.131 e. The molecule has 0 aliphatic heterocycles. The first-order chi connectivity index (χ1) is 8.99. The van der Waals surface area contributed by atoms with Crippen LogP contribution in [-0.4, -0.2) is 52.3 Å². The van der Waals surface area contributed by atoms with Gasteiger partial charge in [0.1, 0.15) is 11.6 Å². The fourth-order valence-electron chi connectivity index (χ4n) is 1.56. The topological polar surface area (TPSA) is 93.0 Å². The third kappa shape index (κ3) is 3.68. The molecule has 0 bridgehead atoms. The van der Waals surface area contributed by atoms with Crippen LogP contribution in [0, 0.1) is 11.6 Å². The Hall–Kier alpha value is -1.12. The lowest BCUT2D eigenvalue weighted by Gasteiger charge is -2.30. The van der Waals surface area contributed by atoms with Crippen LogP contribution in [0.15, 0.2) is 18.2 Å². The highest BCUT2D eigenvalue weighted by Gasteiger charge is 2.29. The predicted molar refractivity (Wildman–Crippen MR) is 63.3 cm³/mol. The second kappa shape index (κ2) is 6.88. The molecule has 0 aliphatic carbocycles. The van der Waals surface area contributed by atoms with E-state index in [0.29, 0.717) is 0 Å². The molecule has 1 unspecified atom stereocenters. The number of β-amino-alcohol motifs (C(OH)–C–C–N with tert-alkyl or cyclic N) is 1. The fourth-order valence-corrected chi connectivity index (χ4v) is 1.56. The molecule has 0 aromatic heterocycles. The third-order valence-electron chi connectivity index (χ3n) is 2.91. The van der Waals surface area contributed by atoms with Crippen LogP contribution < -0.4 is 5.32 Å². The predicted octanol–water partition coefficient (Wildman–Crippen LogP) is -0.697. The van der Waals surface area contributed by atoms with Crippen molar-refractivity contribution in [2.45, 2.75) is 11.6 Å². The first kappa shape index (κ1) is 15.9. The van der Waals surface area contributed by atoms with Gasteiger partial charge in [0.2, 0.25) is 0 Å². The SMILES string of the molecule is OCC(CO)(CO)NCC(O)c1c(F)cccc1F. The normalized spacial score (nSPS) is 13.6. The summed E-state index contributed by atoms with van der Waals surface area (Å²) in [5, 5.41) is 39.4. The zero-order valence-corrected chi connectivity index (χ0v) is 10.2. The highest BCUT2D eigenvalue weighted by atomic mass is 19.1. The zero-order valence-electron chi connectivity index (χ0n) is 10.2. The molecule has 0 saturated carbocycles. The van der Waals surface area contributed by atoms with Crippen molar-refractivity contribution in [1.29, 1.82) is 0 Å². The van der Waals surface area contributed by atoms with Gasteiger partial charge < -0.3 is 25.7 Å². The van der Waals surface area contributed by atoms with Crippen molar-refractivity contribution in [2.75, 3.05) is 26.4 Å². The molecule has 1 aromatic rings. The minimum atomic E-state index is -1.51. The largest absolute Gasteiger partial charge is 0.394 e. The van der Waals surface area contributed by atoms with E-state index in [1.54, 1.807) is 0 Å². The van der Waals surface area contributed by atoms with Crippen LogP contribution in [0.3, 0.4) is 0 Å². The molecular weight excluding hydrogens is 260 g/mol. The lowest BCUT2D eigenvalue weighted by Crippen LogP contribution is -2.55. The van der Waals surface area contributed by atoms with Gasteiger partial charge in [0.05, 0.1) is 37.0 Å². The monoisotopic (exact) mass is 277 g/mol. The Balaban J connectivity index is 2.78. The summed E-state index contributed by atoms with van der Waals surface area (Å²) in [6, 6.07) is 3.20. The van der Waals surface area contributed by atoms with E-state index in [0.717, 1.165) is 12.1 Å². The molecule has 1 atom stereocenters. The Bertz CT molecular complexity index is 384. The molecule has 0 amide bonds. The number of hydrogen-bond acceptors (Lipinski definition) is 5. The summed E-state index contributed by atoms with van der Waals surface area (Å²) in [4.78, 5) is 0. The number of nitrogens with one attached hydrogen (secondary N) is 1. The average Bonchev–Trinajstić information content (AvgIpc) is 2.41. The lowest BCUT2D eigenvalue weighted by atomic mass is 10.0. The van der Waals surface area contributed by atoms with Crippen LogP contribution in [0.2, 0.25) is 0 Å². The molecule has 5 N–H and O–H groups in total. The molecule has 5 nitrogen and oxygen atoms in total. The minimum absolute atomic E-state index is 0.334. The smallest absolute Gasteiger partial charge is 0.131 e. The molecule has 0 heterocycles. The van der Waals surface area contributed by atoms with E-state index in [1.807, 2.05) is 0 Å². The van der Waals surface area contributed by atoms with Crippen molar-refractivity contribution in [1.82, 2.24) is 5.32 Å². The summed E-state index contributed by atoms with van der Waals surface area (Å²) in [7, 11) is 0. The summed E-state index contributed by atoms with van der Waals surface area (Å²) in [5.41, 5.74) is -1.92. The fraction of sp³-hybridized carbons (Fsp3) is 0.500. The summed E-state index contributed by atoms with van der Waals surface area (Å²) in [5.74, 6) is -1.78. The van der Waals surface area contributed by atoms with Gasteiger partial charge in [-0.15, -0.1) is 0 Å². The Morgan fingerprint density at radius 2 is 1.53 bits per heavy atom. The molecule has 0 fully saturated rings. The number of halogens is 2. The van der Waals surface area contributed by atoms with E-state index in [-0.39, 0.29) is 6.54 Å². The van der Waals surface area contributed by atoms with Crippen molar-refractivity contribution in [2.24, 2.45) is 0 Å². The van der Waals surface area contributed by atoms with E-state index in [9.17, 15) is 13.9 Å². The van der Waals surface area contributed by atoms with Gasteiger partial charge >= 0.3 is 0 Å². The molecule has 19 heavy (non-hydrogen) atoms. The van der Waals surface area contributed by atoms with E-state index in [4.69, 9.17) is 15.3 Å². The number of aliphatic hydroxyl groups is 4. The second-order valence-electron chi connectivity index (χ2n) is 4.29. The summed E-state index contributed by atoms with van der Waals surface area (Å²) in [6.07, 6.45) is -1.51. The molecule has 108 valence electrons. The van der Waals surface area contributed by atoms with Crippen LogP contribution in [0.5, 0.6) is 0 Å². The van der Waals surface area contributed by atoms with Gasteiger partial charge in [0, 0.05) is 6.54 Å². The van der Waals surface area contributed by atoms with Crippen molar-refractivity contribution >= 4 is 0 Å². The van der Waals surface area contributed by atoms with E-state index in [2.05, 4.69) is 5.32 Å². The molecular formula is C12H17F2NO4. The van der Waals surface area contributed by atoms with E-state index < -0.39 is 48.7 Å². The van der Waals surface area contributed by atoms with Gasteiger partial charge in [-0.1, -0.05) is 6.07 Å². The number of aliphatic hydroxyl groups excluding tert-OH is 4. The van der Waals surface area contributed by atoms with E-state index >= 15 is 0 Å². The van der Waals surface area contributed by atoms with E-state index in [1.165, 1.54) is 6.07 Å². The van der Waals surface area contributed by atoms with Crippen LogP contribution in [-0.2, 0) is 0 Å². The quantitative estimate of drug-likeness (QED) is 0.455. The summed E-state index contributed by atoms with van der Waals surface area (Å²) >= 11 is 0. The van der Waals surface area contributed by atoms with Crippen LogP contribution >= 0.6 is 0 Å². The van der Waals surface area contributed by atoms with Crippen molar-refractivity contribution in [3.63, 3.8) is 0 Å². The molecule has 7 heteroatoms. The van der Waals surface area contributed by atoms with Crippen LogP contribution in [0.1, 0.15) is 11.7 Å².